The molecule has 0 atom stereocenters. The SMILES string of the molecule is CCCCCOc1ccc(C(=O)Oc2ccccc2OC)cc1. The molecule has 23 heavy (non-hydrogen) atoms. The summed E-state index contributed by atoms with van der Waals surface area (Å²) in [5.41, 5.74) is 0.469. The molecule has 0 bridgehead atoms. The van der Waals surface area contributed by atoms with Gasteiger partial charge in [-0.1, -0.05) is 31.9 Å². The van der Waals surface area contributed by atoms with Crippen LogP contribution >= 0.6 is 0 Å². The van der Waals surface area contributed by atoms with E-state index in [0.717, 1.165) is 25.0 Å². The predicted octanol–water partition coefficient (Wildman–Crippen LogP) is 4.48. The van der Waals surface area contributed by atoms with E-state index in [1.165, 1.54) is 7.11 Å². The molecule has 2 rings (SSSR count). The minimum Gasteiger partial charge on any atom is -0.494 e. The highest BCUT2D eigenvalue weighted by Crippen LogP contribution is 2.26. The number of hydrogen-bond donors (Lipinski definition) is 0. The minimum atomic E-state index is -0.424. The molecule has 2 aromatic rings. The maximum Gasteiger partial charge on any atom is 0.343 e. The third kappa shape index (κ3) is 5.02. The zero-order valence-electron chi connectivity index (χ0n) is 13.6. The maximum absolute atomic E-state index is 12.2. The van der Waals surface area contributed by atoms with Crippen LogP contribution in [0.1, 0.15) is 36.5 Å². The molecule has 0 saturated heterocycles. The molecule has 0 aromatic heterocycles. The molecule has 0 N–H and O–H groups in total. The van der Waals surface area contributed by atoms with Crippen molar-refractivity contribution in [2.24, 2.45) is 0 Å². The normalized spacial score (nSPS) is 10.2. The molecule has 2 aromatic carbocycles. The van der Waals surface area contributed by atoms with Gasteiger partial charge in [0.15, 0.2) is 11.5 Å². The Morgan fingerprint density at radius 2 is 1.65 bits per heavy atom. The van der Waals surface area contributed by atoms with E-state index in [1.807, 2.05) is 6.07 Å². The summed E-state index contributed by atoms with van der Waals surface area (Å²) in [6, 6.07) is 14.0. The summed E-state index contributed by atoms with van der Waals surface area (Å²) in [5, 5.41) is 0. The molecule has 0 unspecified atom stereocenters. The standard InChI is InChI=1S/C19H22O4/c1-3-4-7-14-22-16-12-10-15(11-13-16)19(20)23-18-9-6-5-8-17(18)21-2/h5-6,8-13H,3-4,7,14H2,1-2H3. The van der Waals surface area contributed by atoms with Crippen molar-refractivity contribution in [1.29, 1.82) is 0 Å². The lowest BCUT2D eigenvalue weighted by Gasteiger charge is -2.09. The molecule has 4 nitrogen and oxygen atoms in total. The molecular formula is C19H22O4. The van der Waals surface area contributed by atoms with Gasteiger partial charge in [-0.25, -0.2) is 4.79 Å². The smallest absolute Gasteiger partial charge is 0.343 e. The van der Waals surface area contributed by atoms with Crippen LogP contribution in [0.2, 0.25) is 0 Å². The topological polar surface area (TPSA) is 44.8 Å². The summed E-state index contributed by atoms with van der Waals surface area (Å²) in [5.74, 6) is 1.26. The van der Waals surface area contributed by atoms with E-state index in [0.29, 0.717) is 23.7 Å². The highest BCUT2D eigenvalue weighted by atomic mass is 16.6. The fraction of sp³-hybridized carbons (Fsp3) is 0.316. The highest BCUT2D eigenvalue weighted by Gasteiger charge is 2.11. The number of hydrogen-bond acceptors (Lipinski definition) is 4. The van der Waals surface area contributed by atoms with Gasteiger partial charge in [0.25, 0.3) is 0 Å². The van der Waals surface area contributed by atoms with Gasteiger partial charge >= 0.3 is 5.97 Å². The molecular weight excluding hydrogens is 292 g/mol. The van der Waals surface area contributed by atoms with Gasteiger partial charge in [0.05, 0.1) is 19.3 Å². The Morgan fingerprint density at radius 1 is 0.957 bits per heavy atom. The van der Waals surface area contributed by atoms with Crippen LogP contribution < -0.4 is 14.2 Å². The summed E-state index contributed by atoms with van der Waals surface area (Å²) in [6.45, 7) is 2.85. The highest BCUT2D eigenvalue weighted by molar-refractivity contribution is 5.91. The molecule has 0 spiro atoms. The number of benzene rings is 2. The van der Waals surface area contributed by atoms with Crippen LogP contribution in [0.3, 0.4) is 0 Å². The molecule has 0 amide bonds. The fourth-order valence-corrected chi connectivity index (χ4v) is 2.09. The second-order valence-electron chi connectivity index (χ2n) is 5.12. The Labute approximate surface area is 137 Å². The van der Waals surface area contributed by atoms with Crippen molar-refractivity contribution in [2.45, 2.75) is 26.2 Å². The van der Waals surface area contributed by atoms with Crippen molar-refractivity contribution in [3.8, 4) is 17.2 Å². The molecule has 0 saturated carbocycles. The Balaban J connectivity index is 1.94. The van der Waals surface area contributed by atoms with Crippen LogP contribution in [-0.4, -0.2) is 19.7 Å². The first-order valence-corrected chi connectivity index (χ1v) is 7.82. The third-order valence-electron chi connectivity index (χ3n) is 3.38. The van der Waals surface area contributed by atoms with Crippen LogP contribution in [0.15, 0.2) is 48.5 Å². The molecule has 122 valence electrons. The van der Waals surface area contributed by atoms with Gasteiger partial charge in [0.2, 0.25) is 0 Å². The Kier molecular flexibility index (Phi) is 6.48. The van der Waals surface area contributed by atoms with Crippen LogP contribution in [-0.2, 0) is 0 Å². The van der Waals surface area contributed by atoms with Gasteiger partial charge < -0.3 is 14.2 Å². The van der Waals surface area contributed by atoms with E-state index in [2.05, 4.69) is 6.92 Å². The maximum atomic E-state index is 12.2. The van der Waals surface area contributed by atoms with Crippen molar-refractivity contribution in [3.63, 3.8) is 0 Å². The monoisotopic (exact) mass is 314 g/mol. The van der Waals surface area contributed by atoms with Gasteiger partial charge in [0.1, 0.15) is 5.75 Å². The lowest BCUT2D eigenvalue weighted by molar-refractivity contribution is 0.0729. The first kappa shape index (κ1) is 16.9. The average Bonchev–Trinajstić information content (AvgIpc) is 2.59. The van der Waals surface area contributed by atoms with Crippen LogP contribution in [0.25, 0.3) is 0 Å². The van der Waals surface area contributed by atoms with E-state index in [4.69, 9.17) is 14.2 Å². The van der Waals surface area contributed by atoms with E-state index in [9.17, 15) is 4.79 Å². The number of para-hydroxylation sites is 2. The molecule has 0 aliphatic rings. The van der Waals surface area contributed by atoms with Gasteiger partial charge in [0, 0.05) is 0 Å². The van der Waals surface area contributed by atoms with Crippen molar-refractivity contribution in [1.82, 2.24) is 0 Å². The van der Waals surface area contributed by atoms with E-state index < -0.39 is 5.97 Å². The number of methoxy groups -OCH3 is 1. The fourth-order valence-electron chi connectivity index (χ4n) is 2.09. The zero-order chi connectivity index (χ0) is 16.5. The van der Waals surface area contributed by atoms with Crippen molar-refractivity contribution >= 4 is 5.97 Å². The number of carbonyl (C=O) groups is 1. The van der Waals surface area contributed by atoms with E-state index in [-0.39, 0.29) is 0 Å². The molecule has 0 radical (unpaired) electrons. The van der Waals surface area contributed by atoms with Gasteiger partial charge in [-0.3, -0.25) is 0 Å². The van der Waals surface area contributed by atoms with E-state index >= 15 is 0 Å². The number of unbranched alkanes of at least 4 members (excludes halogenated alkanes) is 2. The molecule has 0 heterocycles. The number of esters is 1. The second-order valence-corrected chi connectivity index (χ2v) is 5.12. The summed E-state index contributed by atoms with van der Waals surface area (Å²) >= 11 is 0. The molecule has 0 aliphatic carbocycles. The van der Waals surface area contributed by atoms with Crippen molar-refractivity contribution < 1.29 is 19.0 Å². The summed E-state index contributed by atoms with van der Waals surface area (Å²) in [4.78, 5) is 12.2. The van der Waals surface area contributed by atoms with Gasteiger partial charge in [-0.05, 0) is 42.8 Å². The van der Waals surface area contributed by atoms with Gasteiger partial charge in [-0.15, -0.1) is 0 Å². The average molecular weight is 314 g/mol. The lowest BCUT2D eigenvalue weighted by atomic mass is 10.2. The molecule has 0 fully saturated rings. The zero-order valence-corrected chi connectivity index (χ0v) is 13.6. The minimum absolute atomic E-state index is 0.403. The summed E-state index contributed by atoms with van der Waals surface area (Å²) in [6.07, 6.45) is 3.36. The first-order chi connectivity index (χ1) is 11.2. The summed E-state index contributed by atoms with van der Waals surface area (Å²) in [7, 11) is 1.54. The Hall–Kier alpha value is -2.49. The third-order valence-corrected chi connectivity index (χ3v) is 3.38. The molecule has 4 heteroatoms. The number of carbonyl (C=O) groups excluding carboxylic acids is 1. The van der Waals surface area contributed by atoms with Crippen LogP contribution in [0.5, 0.6) is 17.2 Å². The number of ether oxygens (including phenoxy) is 3. The summed E-state index contributed by atoms with van der Waals surface area (Å²) < 4.78 is 16.2. The van der Waals surface area contributed by atoms with Gasteiger partial charge in [-0.2, -0.15) is 0 Å². The van der Waals surface area contributed by atoms with Crippen molar-refractivity contribution in [3.05, 3.63) is 54.1 Å². The van der Waals surface area contributed by atoms with Crippen LogP contribution in [0.4, 0.5) is 0 Å². The predicted molar refractivity (Wildman–Crippen MR) is 89.4 cm³/mol. The Morgan fingerprint density at radius 3 is 2.30 bits per heavy atom. The molecule has 0 aliphatic heterocycles. The quantitative estimate of drug-likeness (QED) is 0.409. The lowest BCUT2D eigenvalue weighted by Crippen LogP contribution is -2.09. The largest absolute Gasteiger partial charge is 0.494 e. The Bertz CT molecular complexity index is 620. The first-order valence-electron chi connectivity index (χ1n) is 7.82. The van der Waals surface area contributed by atoms with Crippen LogP contribution in [0, 0.1) is 0 Å². The van der Waals surface area contributed by atoms with E-state index in [1.54, 1.807) is 42.5 Å². The second kappa shape index (κ2) is 8.83. The van der Waals surface area contributed by atoms with Crippen molar-refractivity contribution in [2.75, 3.05) is 13.7 Å². The number of rotatable bonds is 8.